The Bertz CT molecular complexity index is 2700. The van der Waals surface area contributed by atoms with E-state index in [1.165, 1.54) is 98.0 Å². The van der Waals surface area contributed by atoms with Gasteiger partial charge in [-0.3, -0.25) is 0 Å². The summed E-state index contributed by atoms with van der Waals surface area (Å²) < 4.78 is 0. The summed E-state index contributed by atoms with van der Waals surface area (Å²) in [5.41, 5.74) is 8.14. The van der Waals surface area contributed by atoms with Crippen molar-refractivity contribution in [2.75, 3.05) is 0 Å². The monoisotopic (exact) mass is 856 g/mol. The Morgan fingerprint density at radius 3 is 1.12 bits per heavy atom. The average Bonchev–Trinajstić information content (AvgIpc) is 3.89. The molecule has 4 heteroatoms. The van der Waals surface area contributed by atoms with Gasteiger partial charge in [-0.1, -0.05) is 147 Å². The number of fused-ring (bicyclic) bond motifs is 8. The molecule has 0 aliphatic heterocycles. The summed E-state index contributed by atoms with van der Waals surface area (Å²) in [6, 6.07) is 62.3. The van der Waals surface area contributed by atoms with Gasteiger partial charge in [-0.25, -0.2) is 0 Å². The van der Waals surface area contributed by atoms with Gasteiger partial charge in [-0.15, -0.1) is 69.1 Å². The zero-order chi connectivity index (χ0) is 39.0. The van der Waals surface area contributed by atoms with E-state index < -0.39 is 20.8 Å². The molecule has 2 radical (unpaired) electrons. The summed E-state index contributed by atoms with van der Waals surface area (Å²) in [5.74, 6) is 0. The molecule has 0 heterocycles. The van der Waals surface area contributed by atoms with Crippen LogP contribution in [-0.4, -0.2) is 9.52 Å². The van der Waals surface area contributed by atoms with Crippen molar-refractivity contribution in [3.05, 3.63) is 181 Å². The van der Waals surface area contributed by atoms with Crippen LogP contribution in [0.25, 0.3) is 86.9 Å². The van der Waals surface area contributed by atoms with Crippen molar-refractivity contribution < 1.29 is 20.8 Å². The van der Waals surface area contributed by atoms with Crippen molar-refractivity contribution in [2.45, 2.75) is 39.8 Å². The molecule has 0 nitrogen and oxygen atoms in total. The van der Waals surface area contributed by atoms with Crippen LogP contribution in [0.4, 0.5) is 0 Å². The molecule has 0 unspecified atom stereocenters. The molecule has 0 bridgehead atoms. The van der Waals surface area contributed by atoms with Crippen LogP contribution in [0.5, 0.6) is 0 Å². The number of rotatable bonds is 4. The molecule has 0 amide bonds. The van der Waals surface area contributed by atoms with Crippen LogP contribution < -0.4 is 0 Å². The van der Waals surface area contributed by atoms with E-state index in [0.717, 1.165) is 22.4 Å². The Balaban J connectivity index is 0.000000151. The Hall–Kier alpha value is -4.30. The third-order valence-electron chi connectivity index (χ3n) is 10.6. The molecular weight excluding hydrogens is 815 g/mol. The first kappa shape index (κ1) is 39.9. The predicted molar refractivity (Wildman–Crippen MR) is 248 cm³/mol. The maximum absolute atomic E-state index is 4.93. The van der Waals surface area contributed by atoms with E-state index >= 15 is 0 Å². The van der Waals surface area contributed by atoms with E-state index in [0.29, 0.717) is 0 Å². The molecule has 0 aliphatic carbocycles. The Labute approximate surface area is 352 Å². The first-order valence-corrected chi connectivity index (χ1v) is 27.6. The SMILES string of the molecule is CCc1cc2c(-c3cc4ccccc4c4ccccc34)cccc2[cH-]1.CCc1cc2c(-c3cc4ccccc4c4ccccc34)cccc2[cH-]1.C[Si]C.[Cl][Zr+2][Cl]. The third-order valence-corrected chi connectivity index (χ3v) is 10.6. The van der Waals surface area contributed by atoms with Crippen molar-refractivity contribution in [2.24, 2.45) is 0 Å². The van der Waals surface area contributed by atoms with E-state index in [-0.39, 0.29) is 0 Å². The summed E-state index contributed by atoms with van der Waals surface area (Å²) in [6.45, 7) is 8.75. The summed E-state index contributed by atoms with van der Waals surface area (Å²) in [5, 5.41) is 16.0. The number of benzene rings is 8. The molecule has 0 spiro atoms. The van der Waals surface area contributed by atoms with Gasteiger partial charge >= 0.3 is 37.9 Å². The quantitative estimate of drug-likeness (QED) is 0.0940. The summed E-state index contributed by atoms with van der Waals surface area (Å²) >= 11 is -0.826. The van der Waals surface area contributed by atoms with Crippen LogP contribution in [0.3, 0.4) is 0 Å². The fourth-order valence-electron chi connectivity index (χ4n) is 8.03. The second-order valence-corrected chi connectivity index (χ2v) is 18.7. The van der Waals surface area contributed by atoms with Crippen LogP contribution in [0.2, 0.25) is 13.1 Å². The van der Waals surface area contributed by atoms with Crippen LogP contribution >= 0.6 is 17.0 Å². The Kier molecular flexibility index (Phi) is 13.4. The van der Waals surface area contributed by atoms with Crippen LogP contribution in [0, 0.1) is 0 Å². The van der Waals surface area contributed by atoms with Gasteiger partial charge in [0.25, 0.3) is 0 Å². The van der Waals surface area contributed by atoms with E-state index in [1.54, 1.807) is 0 Å². The van der Waals surface area contributed by atoms with E-state index in [1.807, 2.05) is 0 Å². The minimum atomic E-state index is -0.826. The van der Waals surface area contributed by atoms with Crippen molar-refractivity contribution in [3.8, 4) is 22.3 Å². The number of hydrogen-bond acceptors (Lipinski definition) is 0. The van der Waals surface area contributed by atoms with Crippen molar-refractivity contribution in [3.63, 3.8) is 0 Å². The Morgan fingerprint density at radius 1 is 0.411 bits per heavy atom. The van der Waals surface area contributed by atoms with Gasteiger partial charge in [-0.2, -0.15) is 12.1 Å². The first-order valence-electron chi connectivity index (χ1n) is 19.3. The topological polar surface area (TPSA) is 0 Å². The van der Waals surface area contributed by atoms with E-state index in [9.17, 15) is 0 Å². The zero-order valence-corrected chi connectivity index (χ0v) is 37.3. The van der Waals surface area contributed by atoms with Gasteiger partial charge < -0.3 is 0 Å². The van der Waals surface area contributed by atoms with Crippen molar-refractivity contribution in [1.82, 2.24) is 0 Å². The van der Waals surface area contributed by atoms with E-state index in [4.69, 9.17) is 17.0 Å². The molecule has 0 aliphatic rings. The summed E-state index contributed by atoms with van der Waals surface area (Å²) in [7, 11) is 11.0. The second kappa shape index (κ2) is 18.8. The molecule has 0 fully saturated rings. The molecule has 0 saturated heterocycles. The van der Waals surface area contributed by atoms with Crippen LogP contribution in [0.15, 0.2) is 170 Å². The van der Waals surface area contributed by atoms with Gasteiger partial charge in [-0.05, 0) is 79.2 Å². The summed E-state index contributed by atoms with van der Waals surface area (Å²) in [4.78, 5) is 0. The van der Waals surface area contributed by atoms with Crippen LogP contribution in [-0.2, 0) is 33.7 Å². The molecule has 0 N–H and O–H groups in total. The number of aryl methyl sites for hydroxylation is 2. The maximum atomic E-state index is 4.93. The fourth-order valence-corrected chi connectivity index (χ4v) is 8.03. The zero-order valence-electron chi connectivity index (χ0n) is 32.3. The van der Waals surface area contributed by atoms with Gasteiger partial charge in [0, 0.05) is 9.52 Å². The van der Waals surface area contributed by atoms with Crippen LogP contribution in [0.1, 0.15) is 25.0 Å². The minimum absolute atomic E-state index is 0.826. The van der Waals surface area contributed by atoms with Gasteiger partial charge in [0.15, 0.2) is 0 Å². The third kappa shape index (κ3) is 8.23. The fraction of sp³-hybridized carbons (Fsp3) is 0.115. The molecule has 274 valence electrons. The van der Waals surface area contributed by atoms with Crippen molar-refractivity contribution in [1.29, 1.82) is 0 Å². The van der Waals surface area contributed by atoms with Crippen molar-refractivity contribution >= 4 is 91.2 Å². The molecule has 0 aromatic heterocycles. The van der Waals surface area contributed by atoms with E-state index in [2.05, 4.69) is 197 Å². The number of hydrogen-bond donors (Lipinski definition) is 0. The molecule has 0 saturated carbocycles. The molecule has 0 atom stereocenters. The molecule has 10 aromatic rings. The van der Waals surface area contributed by atoms with Gasteiger partial charge in [0.05, 0.1) is 0 Å². The number of halogens is 2. The molecular formula is C52H44Cl2SiZr. The van der Waals surface area contributed by atoms with Gasteiger partial charge in [0.1, 0.15) is 0 Å². The first-order chi connectivity index (χ1) is 27.5. The molecule has 10 aromatic carbocycles. The molecule has 56 heavy (non-hydrogen) atoms. The standard InChI is InChI=1S/2C25H19.C2H6Si.2ClH.Zr/c2*1-2-17-14-18-9-7-13-23(24(18)15-17)25-16-19-8-3-4-10-20(19)21-11-5-6-12-22(21)25;1-3-2;;;/h2*3-16H,2H2,1H3;1-2H3;2*1H;/q2*-1;;;;+4/p-2. The Morgan fingerprint density at radius 2 is 0.750 bits per heavy atom. The average molecular weight is 859 g/mol. The molecule has 10 rings (SSSR count). The second-order valence-electron chi connectivity index (χ2n) is 14.0. The van der Waals surface area contributed by atoms with Gasteiger partial charge in [0.2, 0.25) is 0 Å². The predicted octanol–water partition coefficient (Wildman–Crippen LogP) is 16.4. The normalized spacial score (nSPS) is 10.8. The summed E-state index contributed by atoms with van der Waals surface area (Å²) in [6.07, 6.45) is 2.15.